The predicted octanol–water partition coefficient (Wildman–Crippen LogP) is 1.35. The van der Waals surface area contributed by atoms with Gasteiger partial charge in [-0.15, -0.1) is 0 Å². The molecule has 0 aliphatic heterocycles. The molecule has 0 radical (unpaired) electrons. The van der Waals surface area contributed by atoms with Gasteiger partial charge in [-0.25, -0.2) is 0 Å². The largest absolute Gasteiger partial charge is 0.390 e. The molecule has 4 atom stereocenters. The molecule has 0 spiro atoms. The Kier molecular flexibility index (Phi) is 2.48. The highest BCUT2D eigenvalue weighted by atomic mass is 16.3. The van der Waals surface area contributed by atoms with Gasteiger partial charge in [0.25, 0.3) is 5.91 Å². The summed E-state index contributed by atoms with van der Waals surface area (Å²) in [6, 6.07) is 9.00. The minimum Gasteiger partial charge on any atom is -0.390 e. The van der Waals surface area contributed by atoms with Crippen molar-refractivity contribution in [3.05, 3.63) is 48.0 Å². The molecule has 2 N–H and O–H groups in total. The monoisotopic (exact) mass is 229 g/mol. The maximum Gasteiger partial charge on any atom is 0.251 e. The molecule has 0 aromatic heterocycles. The Balaban J connectivity index is 1.72. The van der Waals surface area contributed by atoms with E-state index in [1.165, 1.54) is 0 Å². The van der Waals surface area contributed by atoms with Crippen molar-refractivity contribution in [2.75, 3.05) is 0 Å². The number of aliphatic hydroxyl groups excluding tert-OH is 1. The molecule has 17 heavy (non-hydrogen) atoms. The zero-order valence-corrected chi connectivity index (χ0v) is 9.41. The van der Waals surface area contributed by atoms with E-state index in [1.54, 1.807) is 12.1 Å². The molecule has 1 aromatic rings. The number of hydrogen-bond donors (Lipinski definition) is 2. The molecule has 3 nitrogen and oxygen atoms in total. The molecule has 88 valence electrons. The maximum atomic E-state index is 12.0. The Morgan fingerprint density at radius 2 is 1.88 bits per heavy atom. The first kappa shape index (κ1) is 10.5. The molecule has 0 unspecified atom stereocenters. The molecule has 2 aliphatic carbocycles. The summed E-state index contributed by atoms with van der Waals surface area (Å²) in [5.74, 6) is 0.416. The molecule has 3 heteroatoms. The van der Waals surface area contributed by atoms with Crippen LogP contribution in [-0.4, -0.2) is 23.2 Å². The summed E-state index contributed by atoms with van der Waals surface area (Å²) in [6.45, 7) is 0. The highest BCUT2D eigenvalue weighted by Crippen LogP contribution is 2.39. The first-order valence-electron chi connectivity index (χ1n) is 5.98. The van der Waals surface area contributed by atoms with Crippen molar-refractivity contribution in [2.24, 2.45) is 11.8 Å². The average molecular weight is 229 g/mol. The van der Waals surface area contributed by atoms with Crippen molar-refractivity contribution >= 4 is 5.91 Å². The third-order valence-electron chi connectivity index (χ3n) is 3.75. The fourth-order valence-electron chi connectivity index (χ4n) is 2.81. The fraction of sp³-hybridized carbons (Fsp3) is 0.357. The highest BCUT2D eigenvalue weighted by molar-refractivity contribution is 5.94. The molecule has 2 bridgehead atoms. The lowest BCUT2D eigenvalue weighted by Crippen LogP contribution is -2.45. The third-order valence-corrected chi connectivity index (χ3v) is 3.75. The van der Waals surface area contributed by atoms with Gasteiger partial charge in [0.05, 0.1) is 12.1 Å². The number of nitrogens with one attached hydrogen (secondary N) is 1. The Morgan fingerprint density at radius 3 is 2.53 bits per heavy atom. The molecule has 1 fully saturated rings. The van der Waals surface area contributed by atoms with Crippen LogP contribution in [-0.2, 0) is 0 Å². The summed E-state index contributed by atoms with van der Waals surface area (Å²) in [5, 5.41) is 12.9. The van der Waals surface area contributed by atoms with Crippen LogP contribution in [0.5, 0.6) is 0 Å². The van der Waals surface area contributed by atoms with Crippen LogP contribution in [0, 0.1) is 11.8 Å². The van der Waals surface area contributed by atoms with Gasteiger partial charge in [0.15, 0.2) is 0 Å². The molecule has 2 aliphatic rings. The van der Waals surface area contributed by atoms with E-state index in [1.807, 2.05) is 18.2 Å². The van der Waals surface area contributed by atoms with Gasteiger partial charge in [-0.3, -0.25) is 4.79 Å². The van der Waals surface area contributed by atoms with E-state index in [-0.39, 0.29) is 17.9 Å². The quantitative estimate of drug-likeness (QED) is 0.752. The van der Waals surface area contributed by atoms with Gasteiger partial charge in [0.2, 0.25) is 0 Å². The van der Waals surface area contributed by atoms with Crippen LogP contribution in [0.3, 0.4) is 0 Å². The summed E-state index contributed by atoms with van der Waals surface area (Å²) in [5.41, 5.74) is 0.645. The molecular formula is C14H15NO2. The van der Waals surface area contributed by atoms with E-state index in [0.29, 0.717) is 11.5 Å². The Hall–Kier alpha value is -1.61. The lowest BCUT2D eigenvalue weighted by Gasteiger charge is -2.24. The summed E-state index contributed by atoms with van der Waals surface area (Å²) in [7, 11) is 0. The zero-order valence-electron chi connectivity index (χ0n) is 9.41. The molecule has 0 heterocycles. The number of hydrogen-bond acceptors (Lipinski definition) is 2. The Labute approximate surface area is 100 Å². The summed E-state index contributed by atoms with van der Waals surface area (Å²) >= 11 is 0. The first-order valence-corrected chi connectivity index (χ1v) is 5.98. The van der Waals surface area contributed by atoms with Crippen molar-refractivity contribution in [2.45, 2.75) is 18.6 Å². The van der Waals surface area contributed by atoms with Crippen molar-refractivity contribution in [1.82, 2.24) is 5.32 Å². The maximum absolute atomic E-state index is 12.0. The van der Waals surface area contributed by atoms with E-state index in [9.17, 15) is 9.90 Å². The van der Waals surface area contributed by atoms with Gasteiger partial charge in [0.1, 0.15) is 0 Å². The van der Waals surface area contributed by atoms with E-state index in [2.05, 4.69) is 17.5 Å². The second-order valence-corrected chi connectivity index (χ2v) is 4.80. The van der Waals surface area contributed by atoms with E-state index >= 15 is 0 Å². The van der Waals surface area contributed by atoms with Crippen LogP contribution in [0.1, 0.15) is 16.8 Å². The minimum atomic E-state index is -0.433. The molecule has 1 saturated carbocycles. The van der Waals surface area contributed by atoms with Crippen LogP contribution in [0.2, 0.25) is 0 Å². The number of benzene rings is 1. The Morgan fingerprint density at radius 1 is 1.18 bits per heavy atom. The number of rotatable bonds is 2. The third kappa shape index (κ3) is 1.76. The van der Waals surface area contributed by atoms with Crippen LogP contribution in [0.4, 0.5) is 0 Å². The van der Waals surface area contributed by atoms with Crippen LogP contribution >= 0.6 is 0 Å². The molecule has 0 saturated heterocycles. The lowest BCUT2D eigenvalue weighted by atomic mass is 9.98. The number of amides is 1. The highest BCUT2D eigenvalue weighted by Gasteiger charge is 2.44. The van der Waals surface area contributed by atoms with Crippen molar-refractivity contribution in [3.63, 3.8) is 0 Å². The molecule has 1 amide bonds. The second kappa shape index (κ2) is 4.00. The van der Waals surface area contributed by atoms with Crippen molar-refractivity contribution in [3.8, 4) is 0 Å². The average Bonchev–Trinajstić information content (AvgIpc) is 2.94. The van der Waals surface area contributed by atoms with Gasteiger partial charge in [-0.2, -0.15) is 0 Å². The van der Waals surface area contributed by atoms with Crippen LogP contribution in [0.15, 0.2) is 42.5 Å². The van der Waals surface area contributed by atoms with Crippen LogP contribution in [0.25, 0.3) is 0 Å². The van der Waals surface area contributed by atoms with Gasteiger partial charge in [-0.05, 0) is 18.6 Å². The topological polar surface area (TPSA) is 49.3 Å². The first-order chi connectivity index (χ1) is 8.25. The standard InChI is InChI=1S/C14H15NO2/c16-13-11-7-6-10(8-11)12(13)15-14(17)9-4-2-1-3-5-9/h1-7,10-13,16H,8H2,(H,15,17)/t10-,11+,12-,13+/m1/s1. The molecule has 3 rings (SSSR count). The number of carbonyl (C=O) groups excluding carboxylic acids is 1. The van der Waals surface area contributed by atoms with E-state index in [4.69, 9.17) is 0 Å². The van der Waals surface area contributed by atoms with Gasteiger partial charge in [-0.1, -0.05) is 30.4 Å². The number of carbonyl (C=O) groups is 1. The van der Waals surface area contributed by atoms with E-state index < -0.39 is 6.10 Å². The summed E-state index contributed by atoms with van der Waals surface area (Å²) < 4.78 is 0. The predicted molar refractivity (Wildman–Crippen MR) is 64.4 cm³/mol. The summed E-state index contributed by atoms with van der Waals surface area (Å²) in [4.78, 5) is 12.0. The van der Waals surface area contributed by atoms with Crippen LogP contribution < -0.4 is 5.32 Å². The fourth-order valence-corrected chi connectivity index (χ4v) is 2.81. The van der Waals surface area contributed by atoms with E-state index in [0.717, 1.165) is 6.42 Å². The minimum absolute atomic E-state index is 0.101. The van der Waals surface area contributed by atoms with Crippen molar-refractivity contribution in [1.29, 1.82) is 0 Å². The molecular weight excluding hydrogens is 214 g/mol. The van der Waals surface area contributed by atoms with Gasteiger partial charge < -0.3 is 10.4 Å². The second-order valence-electron chi connectivity index (χ2n) is 4.80. The normalized spacial score (nSPS) is 33.9. The number of aliphatic hydroxyl groups is 1. The van der Waals surface area contributed by atoms with Gasteiger partial charge in [0, 0.05) is 17.4 Å². The molecule has 1 aromatic carbocycles. The zero-order chi connectivity index (χ0) is 11.8. The SMILES string of the molecule is O=C(N[C@H]1[C@@H](O)[C@H]2C=C[C@@H]1C2)c1ccccc1. The smallest absolute Gasteiger partial charge is 0.251 e. The summed E-state index contributed by atoms with van der Waals surface area (Å²) in [6.07, 6.45) is 4.69. The number of fused-ring (bicyclic) bond motifs is 2. The Bertz CT molecular complexity index is 455. The van der Waals surface area contributed by atoms with Crippen molar-refractivity contribution < 1.29 is 9.90 Å². The lowest BCUT2D eigenvalue weighted by molar-refractivity contribution is 0.0810. The van der Waals surface area contributed by atoms with Gasteiger partial charge >= 0.3 is 0 Å².